The second-order valence-corrected chi connectivity index (χ2v) is 12.4. The number of nitrogens with one attached hydrogen (secondary N) is 2. The summed E-state index contributed by atoms with van der Waals surface area (Å²) in [5, 5.41) is 4.53. The van der Waals surface area contributed by atoms with Crippen LogP contribution < -0.4 is 10.0 Å². The molecule has 4 rings (SSSR count). The van der Waals surface area contributed by atoms with Crippen LogP contribution in [0, 0.1) is 12.8 Å². The van der Waals surface area contributed by atoms with Crippen molar-refractivity contribution in [2.24, 2.45) is 5.92 Å². The third-order valence-electron chi connectivity index (χ3n) is 6.16. The van der Waals surface area contributed by atoms with E-state index < -0.39 is 26.0 Å². The van der Waals surface area contributed by atoms with Gasteiger partial charge < -0.3 is 5.32 Å². The minimum atomic E-state index is -3.74. The van der Waals surface area contributed by atoms with Crippen molar-refractivity contribution in [3.8, 4) is 0 Å². The number of fused-ring (bicyclic) bond motifs is 1. The highest BCUT2D eigenvalue weighted by Crippen LogP contribution is 2.26. The van der Waals surface area contributed by atoms with Gasteiger partial charge in [-0.15, -0.1) is 0 Å². The quantitative estimate of drug-likeness (QED) is 0.448. The molecule has 8 nitrogen and oxygen atoms in total. The number of carbonyl (C=O) groups is 1. The first kappa shape index (κ1) is 25.3. The molecule has 1 atom stereocenters. The molecule has 1 aliphatic rings. The number of nitrogens with zero attached hydrogens (tertiary/aromatic N) is 1. The van der Waals surface area contributed by atoms with Crippen LogP contribution in [-0.2, 0) is 24.8 Å². The molecular formula is C25H29N3O5S2. The lowest BCUT2D eigenvalue weighted by molar-refractivity contribution is -0.126. The van der Waals surface area contributed by atoms with Crippen molar-refractivity contribution in [3.63, 3.8) is 0 Å². The van der Waals surface area contributed by atoms with Crippen molar-refractivity contribution < 1.29 is 21.6 Å². The molecule has 2 N–H and O–H groups in total. The Morgan fingerprint density at radius 3 is 2.34 bits per heavy atom. The van der Waals surface area contributed by atoms with Crippen LogP contribution in [0.25, 0.3) is 10.8 Å². The summed E-state index contributed by atoms with van der Waals surface area (Å²) in [6.45, 7) is 2.47. The molecule has 35 heavy (non-hydrogen) atoms. The van der Waals surface area contributed by atoms with Crippen LogP contribution in [-0.4, -0.2) is 53.2 Å². The minimum Gasteiger partial charge on any atom is -0.355 e. The fraction of sp³-hybridized carbons (Fsp3) is 0.320. The van der Waals surface area contributed by atoms with Crippen molar-refractivity contribution in [1.29, 1.82) is 0 Å². The van der Waals surface area contributed by atoms with E-state index in [-0.39, 0.29) is 35.3 Å². The lowest BCUT2D eigenvalue weighted by atomic mass is 9.99. The lowest BCUT2D eigenvalue weighted by Gasteiger charge is -2.31. The first-order valence-corrected chi connectivity index (χ1v) is 14.4. The number of carbonyl (C=O) groups excluding carboxylic acids is 1. The Balaban J connectivity index is 1.33. The van der Waals surface area contributed by atoms with Gasteiger partial charge >= 0.3 is 0 Å². The molecule has 1 saturated heterocycles. The van der Waals surface area contributed by atoms with Crippen LogP contribution in [0.15, 0.2) is 76.5 Å². The van der Waals surface area contributed by atoms with Gasteiger partial charge in [0.25, 0.3) is 0 Å². The maximum absolute atomic E-state index is 13.2. The number of piperidine rings is 1. The zero-order chi connectivity index (χ0) is 25.1. The van der Waals surface area contributed by atoms with E-state index in [2.05, 4.69) is 10.0 Å². The molecule has 0 aromatic heterocycles. The standard InChI is InChI=1S/C25H29N3O5S2/c1-19-8-11-23(12-9-19)34(30,31)27-15-14-26-25(29)22-7-4-16-28(18-22)35(32,33)24-13-10-20-5-2-3-6-21(20)17-24/h2-3,5-6,8-13,17,22,27H,4,7,14-16,18H2,1H3,(H,26,29). The number of benzene rings is 3. The molecule has 1 amide bonds. The molecule has 0 bridgehead atoms. The average molecular weight is 516 g/mol. The van der Waals surface area contributed by atoms with Crippen molar-refractivity contribution in [1.82, 2.24) is 14.3 Å². The van der Waals surface area contributed by atoms with Gasteiger partial charge in [-0.3, -0.25) is 4.79 Å². The summed E-state index contributed by atoms with van der Waals surface area (Å²) in [5.41, 5.74) is 0.959. The summed E-state index contributed by atoms with van der Waals surface area (Å²) in [4.78, 5) is 13.1. The SMILES string of the molecule is Cc1ccc(S(=O)(=O)NCCNC(=O)C2CCCN(S(=O)(=O)c3ccc4ccccc4c3)C2)cc1. The molecule has 1 aliphatic heterocycles. The number of hydrogen-bond donors (Lipinski definition) is 2. The maximum atomic E-state index is 13.2. The molecule has 1 fully saturated rings. The largest absolute Gasteiger partial charge is 0.355 e. The summed E-state index contributed by atoms with van der Waals surface area (Å²) in [5.74, 6) is -0.773. The fourth-order valence-electron chi connectivity index (χ4n) is 4.17. The van der Waals surface area contributed by atoms with Gasteiger partial charge in [-0.1, -0.05) is 48.0 Å². The van der Waals surface area contributed by atoms with Gasteiger partial charge in [0.2, 0.25) is 26.0 Å². The second-order valence-electron chi connectivity index (χ2n) is 8.71. The van der Waals surface area contributed by atoms with E-state index in [9.17, 15) is 21.6 Å². The molecular weight excluding hydrogens is 486 g/mol. The molecule has 1 heterocycles. The van der Waals surface area contributed by atoms with E-state index in [0.29, 0.717) is 19.4 Å². The third kappa shape index (κ3) is 5.90. The van der Waals surface area contributed by atoms with Crippen LogP contribution >= 0.6 is 0 Å². The van der Waals surface area contributed by atoms with E-state index in [1.807, 2.05) is 31.2 Å². The Hall–Kier alpha value is -2.79. The minimum absolute atomic E-state index is 0.0355. The fourth-order valence-corrected chi connectivity index (χ4v) is 6.76. The second kappa shape index (κ2) is 10.4. The molecule has 0 aliphatic carbocycles. The van der Waals surface area contributed by atoms with E-state index >= 15 is 0 Å². The highest BCUT2D eigenvalue weighted by Gasteiger charge is 2.33. The van der Waals surface area contributed by atoms with Crippen LogP contribution in [0.1, 0.15) is 18.4 Å². The Labute approximate surface area is 206 Å². The van der Waals surface area contributed by atoms with E-state index in [1.54, 1.807) is 30.3 Å². The number of aryl methyl sites for hydroxylation is 1. The van der Waals surface area contributed by atoms with Gasteiger partial charge in [-0.05, 0) is 54.8 Å². The Kier molecular flexibility index (Phi) is 7.56. The Morgan fingerprint density at radius 1 is 0.914 bits per heavy atom. The van der Waals surface area contributed by atoms with Gasteiger partial charge in [0, 0.05) is 26.2 Å². The van der Waals surface area contributed by atoms with Crippen LogP contribution in [0.5, 0.6) is 0 Å². The van der Waals surface area contributed by atoms with E-state index in [1.165, 1.54) is 16.4 Å². The number of rotatable bonds is 8. The summed E-state index contributed by atoms with van der Waals surface area (Å²) in [6.07, 6.45) is 1.15. The van der Waals surface area contributed by atoms with E-state index in [4.69, 9.17) is 0 Å². The average Bonchev–Trinajstić information content (AvgIpc) is 2.86. The maximum Gasteiger partial charge on any atom is 0.243 e. The van der Waals surface area contributed by atoms with Gasteiger partial charge in [0.05, 0.1) is 15.7 Å². The van der Waals surface area contributed by atoms with Crippen molar-refractivity contribution in [2.75, 3.05) is 26.2 Å². The van der Waals surface area contributed by atoms with Crippen molar-refractivity contribution in [2.45, 2.75) is 29.6 Å². The predicted molar refractivity (Wildman–Crippen MR) is 135 cm³/mol. The highest BCUT2D eigenvalue weighted by molar-refractivity contribution is 7.89. The molecule has 0 radical (unpaired) electrons. The lowest BCUT2D eigenvalue weighted by Crippen LogP contribution is -2.46. The zero-order valence-electron chi connectivity index (χ0n) is 19.5. The van der Waals surface area contributed by atoms with Crippen LogP contribution in [0.2, 0.25) is 0 Å². The third-order valence-corrected chi connectivity index (χ3v) is 9.50. The first-order chi connectivity index (χ1) is 16.7. The van der Waals surface area contributed by atoms with Crippen molar-refractivity contribution >= 4 is 36.7 Å². The molecule has 10 heteroatoms. The molecule has 3 aromatic rings. The van der Waals surface area contributed by atoms with Crippen molar-refractivity contribution in [3.05, 3.63) is 72.3 Å². The highest BCUT2D eigenvalue weighted by atomic mass is 32.2. The number of sulfonamides is 2. The normalized spacial score (nSPS) is 17.3. The number of hydrogen-bond acceptors (Lipinski definition) is 5. The Morgan fingerprint density at radius 2 is 1.60 bits per heavy atom. The number of amides is 1. The predicted octanol–water partition coefficient (Wildman–Crippen LogP) is 2.64. The van der Waals surface area contributed by atoms with Gasteiger partial charge in [0.1, 0.15) is 0 Å². The summed E-state index contributed by atoms with van der Waals surface area (Å²) in [7, 11) is -7.40. The van der Waals surface area contributed by atoms with Gasteiger partial charge in [0.15, 0.2) is 0 Å². The summed E-state index contributed by atoms with van der Waals surface area (Å²) in [6, 6.07) is 19.1. The van der Waals surface area contributed by atoms with Gasteiger partial charge in [-0.2, -0.15) is 4.31 Å². The first-order valence-electron chi connectivity index (χ1n) is 11.5. The summed E-state index contributed by atoms with van der Waals surface area (Å²) < 4.78 is 55.1. The van der Waals surface area contributed by atoms with Crippen LogP contribution in [0.4, 0.5) is 0 Å². The zero-order valence-corrected chi connectivity index (χ0v) is 21.1. The Bertz CT molecular complexity index is 1420. The molecule has 0 spiro atoms. The van der Waals surface area contributed by atoms with E-state index in [0.717, 1.165) is 16.3 Å². The topological polar surface area (TPSA) is 113 Å². The molecule has 1 unspecified atom stereocenters. The monoisotopic (exact) mass is 515 g/mol. The van der Waals surface area contributed by atoms with Gasteiger partial charge in [-0.25, -0.2) is 21.6 Å². The molecule has 0 saturated carbocycles. The summed E-state index contributed by atoms with van der Waals surface area (Å²) >= 11 is 0. The smallest absolute Gasteiger partial charge is 0.243 e. The molecule has 186 valence electrons. The van der Waals surface area contributed by atoms with Crippen LogP contribution in [0.3, 0.4) is 0 Å². The molecule has 3 aromatic carbocycles.